The van der Waals surface area contributed by atoms with Gasteiger partial charge in [-0.1, -0.05) is 30.3 Å². The molecule has 24 heavy (non-hydrogen) atoms. The van der Waals surface area contributed by atoms with Gasteiger partial charge in [-0.25, -0.2) is 4.79 Å². The van der Waals surface area contributed by atoms with Crippen molar-refractivity contribution >= 4 is 43.5 Å². The SMILES string of the molecule is CCOC(=O)c1cc(Br)c(OCc2ccccc2)c(Br)c1N(C)C. The van der Waals surface area contributed by atoms with Gasteiger partial charge >= 0.3 is 5.97 Å². The van der Waals surface area contributed by atoms with Crippen LogP contribution in [0.3, 0.4) is 0 Å². The zero-order valence-electron chi connectivity index (χ0n) is 13.8. The molecule has 0 saturated heterocycles. The minimum atomic E-state index is -0.364. The van der Waals surface area contributed by atoms with E-state index in [-0.39, 0.29) is 5.97 Å². The summed E-state index contributed by atoms with van der Waals surface area (Å²) in [6.45, 7) is 2.55. The summed E-state index contributed by atoms with van der Waals surface area (Å²) in [7, 11) is 3.75. The van der Waals surface area contributed by atoms with Crippen LogP contribution in [-0.4, -0.2) is 26.7 Å². The second-order valence-electron chi connectivity index (χ2n) is 5.29. The Morgan fingerprint density at radius 3 is 2.42 bits per heavy atom. The Labute approximate surface area is 159 Å². The van der Waals surface area contributed by atoms with E-state index in [9.17, 15) is 4.79 Å². The summed E-state index contributed by atoms with van der Waals surface area (Å²) in [5.41, 5.74) is 2.27. The number of esters is 1. The zero-order chi connectivity index (χ0) is 17.7. The fraction of sp³-hybridized carbons (Fsp3) is 0.278. The van der Waals surface area contributed by atoms with E-state index in [0.717, 1.165) is 11.3 Å². The number of anilines is 1. The summed E-state index contributed by atoms with van der Waals surface area (Å²) in [4.78, 5) is 14.1. The van der Waals surface area contributed by atoms with E-state index in [1.807, 2.05) is 49.3 Å². The van der Waals surface area contributed by atoms with Crippen molar-refractivity contribution in [2.75, 3.05) is 25.6 Å². The summed E-state index contributed by atoms with van der Waals surface area (Å²) < 4.78 is 12.5. The molecular formula is C18H19Br2NO3. The molecule has 0 bridgehead atoms. The molecule has 0 atom stereocenters. The van der Waals surface area contributed by atoms with Gasteiger partial charge in [0.2, 0.25) is 0 Å². The van der Waals surface area contributed by atoms with Crippen LogP contribution in [0.15, 0.2) is 45.3 Å². The van der Waals surface area contributed by atoms with Gasteiger partial charge in [0.25, 0.3) is 0 Å². The molecule has 0 radical (unpaired) electrons. The Hall–Kier alpha value is -1.53. The van der Waals surface area contributed by atoms with Gasteiger partial charge in [0.15, 0.2) is 0 Å². The van der Waals surface area contributed by atoms with Gasteiger partial charge in [0.05, 0.1) is 26.8 Å². The monoisotopic (exact) mass is 455 g/mol. The Morgan fingerprint density at radius 2 is 1.83 bits per heavy atom. The van der Waals surface area contributed by atoms with Crippen molar-refractivity contribution in [3.63, 3.8) is 0 Å². The van der Waals surface area contributed by atoms with E-state index >= 15 is 0 Å². The minimum absolute atomic E-state index is 0.327. The normalized spacial score (nSPS) is 10.4. The smallest absolute Gasteiger partial charge is 0.340 e. The molecule has 0 amide bonds. The Balaban J connectivity index is 2.39. The topological polar surface area (TPSA) is 38.8 Å². The van der Waals surface area contributed by atoms with Gasteiger partial charge in [-0.05, 0) is 50.4 Å². The number of carbonyl (C=O) groups excluding carboxylic acids is 1. The predicted molar refractivity (Wildman–Crippen MR) is 103 cm³/mol. The van der Waals surface area contributed by atoms with Gasteiger partial charge in [0, 0.05) is 14.1 Å². The summed E-state index contributed by atoms with van der Waals surface area (Å²) >= 11 is 7.06. The van der Waals surface area contributed by atoms with Crippen molar-refractivity contribution in [2.45, 2.75) is 13.5 Å². The average Bonchev–Trinajstić information content (AvgIpc) is 2.54. The van der Waals surface area contributed by atoms with Crippen LogP contribution in [0.25, 0.3) is 0 Å². The maximum absolute atomic E-state index is 12.2. The third-order valence-electron chi connectivity index (χ3n) is 3.32. The van der Waals surface area contributed by atoms with E-state index in [1.54, 1.807) is 13.0 Å². The first-order valence-electron chi connectivity index (χ1n) is 7.48. The number of halogens is 2. The van der Waals surface area contributed by atoms with E-state index in [1.165, 1.54) is 0 Å². The minimum Gasteiger partial charge on any atom is -0.486 e. The molecule has 0 heterocycles. The first-order valence-corrected chi connectivity index (χ1v) is 9.07. The Morgan fingerprint density at radius 1 is 1.17 bits per heavy atom. The van der Waals surface area contributed by atoms with Crippen molar-refractivity contribution in [3.8, 4) is 5.75 Å². The van der Waals surface area contributed by atoms with Crippen LogP contribution in [0.5, 0.6) is 5.75 Å². The second-order valence-corrected chi connectivity index (χ2v) is 6.93. The Bertz CT molecular complexity index is 718. The molecule has 0 aliphatic rings. The second kappa shape index (κ2) is 8.53. The highest BCUT2D eigenvalue weighted by Crippen LogP contribution is 2.43. The van der Waals surface area contributed by atoms with Crippen LogP contribution in [0.4, 0.5) is 5.69 Å². The highest BCUT2D eigenvalue weighted by Gasteiger charge is 2.23. The van der Waals surface area contributed by atoms with Gasteiger partial charge < -0.3 is 14.4 Å². The highest BCUT2D eigenvalue weighted by molar-refractivity contribution is 9.11. The van der Waals surface area contributed by atoms with Crippen molar-refractivity contribution in [1.82, 2.24) is 0 Å². The molecular weight excluding hydrogens is 438 g/mol. The van der Waals surface area contributed by atoms with Crippen LogP contribution in [-0.2, 0) is 11.3 Å². The molecule has 0 saturated carbocycles. The standard InChI is InChI=1S/C18H19Br2NO3/c1-4-23-18(22)13-10-14(19)17(15(20)16(13)21(2)3)24-11-12-8-6-5-7-9-12/h5-10H,4,11H2,1-3H3. The molecule has 2 aromatic rings. The maximum Gasteiger partial charge on any atom is 0.340 e. The molecule has 2 rings (SSSR count). The number of hydrogen-bond acceptors (Lipinski definition) is 4. The fourth-order valence-electron chi connectivity index (χ4n) is 2.25. The van der Waals surface area contributed by atoms with Crippen molar-refractivity contribution in [1.29, 1.82) is 0 Å². The third kappa shape index (κ3) is 4.30. The van der Waals surface area contributed by atoms with Crippen molar-refractivity contribution in [3.05, 3.63) is 56.5 Å². The molecule has 0 N–H and O–H groups in total. The van der Waals surface area contributed by atoms with Crippen molar-refractivity contribution < 1.29 is 14.3 Å². The molecule has 0 spiro atoms. The van der Waals surface area contributed by atoms with Gasteiger partial charge in [-0.15, -0.1) is 0 Å². The quantitative estimate of drug-likeness (QED) is 0.571. The molecule has 128 valence electrons. The lowest BCUT2D eigenvalue weighted by Crippen LogP contribution is -2.17. The molecule has 4 nitrogen and oxygen atoms in total. The van der Waals surface area contributed by atoms with Gasteiger partial charge in [0.1, 0.15) is 12.4 Å². The van der Waals surface area contributed by atoms with Gasteiger partial charge in [-0.3, -0.25) is 0 Å². The lowest BCUT2D eigenvalue weighted by Gasteiger charge is -2.22. The molecule has 6 heteroatoms. The molecule has 0 aromatic heterocycles. The van der Waals surface area contributed by atoms with E-state index in [0.29, 0.717) is 33.5 Å². The first kappa shape index (κ1) is 18.8. The number of benzene rings is 2. The van der Waals surface area contributed by atoms with E-state index in [2.05, 4.69) is 31.9 Å². The molecule has 0 aliphatic heterocycles. The molecule has 0 fully saturated rings. The lowest BCUT2D eigenvalue weighted by atomic mass is 10.1. The number of hydrogen-bond donors (Lipinski definition) is 0. The number of rotatable bonds is 6. The van der Waals surface area contributed by atoms with Gasteiger partial charge in [-0.2, -0.15) is 0 Å². The number of carbonyl (C=O) groups is 1. The largest absolute Gasteiger partial charge is 0.486 e. The third-order valence-corrected chi connectivity index (χ3v) is 4.64. The number of nitrogens with zero attached hydrogens (tertiary/aromatic N) is 1. The maximum atomic E-state index is 12.2. The summed E-state index contributed by atoms with van der Waals surface area (Å²) in [6, 6.07) is 11.6. The van der Waals surface area contributed by atoms with Crippen molar-refractivity contribution in [2.24, 2.45) is 0 Å². The molecule has 0 unspecified atom stereocenters. The first-order chi connectivity index (χ1) is 11.5. The average molecular weight is 457 g/mol. The van der Waals surface area contributed by atoms with Crippen LogP contribution in [0.1, 0.15) is 22.8 Å². The van der Waals surface area contributed by atoms with Crippen LogP contribution >= 0.6 is 31.9 Å². The lowest BCUT2D eigenvalue weighted by molar-refractivity contribution is 0.0527. The molecule has 0 aliphatic carbocycles. The predicted octanol–water partition coefficient (Wildman–Crippen LogP) is 5.03. The fourth-order valence-corrected chi connectivity index (χ4v) is 3.96. The summed E-state index contributed by atoms with van der Waals surface area (Å²) in [5.74, 6) is 0.285. The van der Waals surface area contributed by atoms with Crippen LogP contribution < -0.4 is 9.64 Å². The summed E-state index contributed by atoms with van der Waals surface area (Å²) in [6.07, 6.45) is 0. The summed E-state index contributed by atoms with van der Waals surface area (Å²) in [5, 5.41) is 0. The zero-order valence-corrected chi connectivity index (χ0v) is 17.0. The molecule has 2 aromatic carbocycles. The van der Waals surface area contributed by atoms with Crippen LogP contribution in [0.2, 0.25) is 0 Å². The number of ether oxygens (including phenoxy) is 2. The van der Waals surface area contributed by atoms with Crippen LogP contribution in [0, 0.1) is 0 Å². The highest BCUT2D eigenvalue weighted by atomic mass is 79.9. The van der Waals surface area contributed by atoms with E-state index < -0.39 is 0 Å². The Kier molecular flexibility index (Phi) is 6.69. The van der Waals surface area contributed by atoms with E-state index in [4.69, 9.17) is 9.47 Å².